The van der Waals surface area contributed by atoms with E-state index in [1.807, 2.05) is 30.3 Å². The van der Waals surface area contributed by atoms with Crippen LogP contribution in [-0.2, 0) is 4.74 Å². The Balaban J connectivity index is 1.35. The van der Waals surface area contributed by atoms with Crippen molar-refractivity contribution in [3.8, 4) is 5.75 Å². The van der Waals surface area contributed by atoms with Crippen LogP contribution in [0, 0.1) is 16.0 Å². The molecule has 5 atom stereocenters. The van der Waals surface area contributed by atoms with Gasteiger partial charge in [-0.15, -0.1) is 23.4 Å². The van der Waals surface area contributed by atoms with Crippen LogP contribution in [0.25, 0.3) is 0 Å². The van der Waals surface area contributed by atoms with Crippen LogP contribution in [0.3, 0.4) is 0 Å². The van der Waals surface area contributed by atoms with Crippen LogP contribution in [-0.4, -0.2) is 34.6 Å². The van der Waals surface area contributed by atoms with Gasteiger partial charge in [0.2, 0.25) is 0 Å². The maximum Gasteiger partial charge on any atom is 0.343 e. The Morgan fingerprint density at radius 1 is 0.977 bits per heavy atom. The van der Waals surface area contributed by atoms with Crippen LogP contribution in [0.15, 0.2) is 95.9 Å². The number of carbonyl (C=O) groups excluding carboxylic acids is 2. The quantitative estimate of drug-likeness (QED) is 0.0701. The first-order valence-corrected chi connectivity index (χ1v) is 15.5. The molecule has 4 aromatic carbocycles. The van der Waals surface area contributed by atoms with Gasteiger partial charge in [-0.2, -0.15) is 0 Å². The van der Waals surface area contributed by atoms with Crippen molar-refractivity contribution >= 4 is 58.3 Å². The van der Waals surface area contributed by atoms with E-state index in [2.05, 4.69) is 5.32 Å². The molecule has 0 radical (unpaired) electrons. The summed E-state index contributed by atoms with van der Waals surface area (Å²) in [7, 11) is 1.26. The van der Waals surface area contributed by atoms with Gasteiger partial charge < -0.3 is 14.8 Å². The molecule has 0 unspecified atom stereocenters. The lowest BCUT2D eigenvalue weighted by Gasteiger charge is -2.38. The number of hydrogen-bond donors (Lipinski definition) is 1. The van der Waals surface area contributed by atoms with Crippen molar-refractivity contribution in [3.05, 3.63) is 128 Å². The van der Waals surface area contributed by atoms with Gasteiger partial charge in [0.25, 0.3) is 5.69 Å². The van der Waals surface area contributed by atoms with Gasteiger partial charge in [0.05, 0.1) is 33.9 Å². The molecule has 6 rings (SSSR count). The number of carbonyl (C=O) groups is 2. The molecule has 8 nitrogen and oxygen atoms in total. The Kier molecular flexibility index (Phi) is 8.53. The number of para-hydroxylation sites is 2. The van der Waals surface area contributed by atoms with Crippen molar-refractivity contribution in [3.63, 3.8) is 0 Å². The summed E-state index contributed by atoms with van der Waals surface area (Å²) in [5, 5.41) is 15.5. The van der Waals surface area contributed by atoms with E-state index in [-0.39, 0.29) is 45.1 Å². The SMILES string of the molecule is COC(=O)c1ccccc1OC(=O)c1ccc2c(c1)[C@@H]1[C@H](Cl)[C@H](Sc3ccccc3[N+](=O)[O-])C[C@H]1[C@H](c1ccc(Cl)cc1)N2. The lowest BCUT2D eigenvalue weighted by Crippen LogP contribution is -2.31. The number of fused-ring (bicyclic) bond motifs is 3. The van der Waals surface area contributed by atoms with Gasteiger partial charge in [0.15, 0.2) is 0 Å². The fourth-order valence-corrected chi connectivity index (χ4v) is 8.18. The number of nitrogens with zero attached hydrogens (tertiary/aromatic N) is 1. The predicted octanol–water partition coefficient (Wildman–Crippen LogP) is 8.29. The van der Waals surface area contributed by atoms with E-state index in [1.54, 1.807) is 42.5 Å². The smallest absolute Gasteiger partial charge is 0.343 e. The summed E-state index contributed by atoms with van der Waals surface area (Å²) in [6.45, 7) is 0. The number of nitro groups is 1. The van der Waals surface area contributed by atoms with E-state index < -0.39 is 17.3 Å². The number of nitro benzene ring substituents is 1. The Morgan fingerprint density at radius 3 is 2.45 bits per heavy atom. The first-order chi connectivity index (χ1) is 21.2. The highest BCUT2D eigenvalue weighted by Gasteiger charge is 2.50. The molecular weight excluding hydrogens is 623 g/mol. The molecule has 0 aromatic heterocycles. The zero-order valence-electron chi connectivity index (χ0n) is 23.3. The average molecular weight is 650 g/mol. The second-order valence-corrected chi connectivity index (χ2v) is 12.8. The van der Waals surface area contributed by atoms with E-state index in [1.165, 1.54) is 37.1 Å². The van der Waals surface area contributed by atoms with Crippen molar-refractivity contribution in [2.75, 3.05) is 12.4 Å². The molecule has 1 aliphatic carbocycles. The zero-order valence-corrected chi connectivity index (χ0v) is 25.6. The lowest BCUT2D eigenvalue weighted by molar-refractivity contribution is -0.387. The number of benzene rings is 4. The van der Waals surface area contributed by atoms with Crippen LogP contribution >= 0.6 is 35.0 Å². The molecule has 1 heterocycles. The molecule has 1 aliphatic heterocycles. The second-order valence-electron chi connectivity index (χ2n) is 10.6. The minimum absolute atomic E-state index is 0.0118. The van der Waals surface area contributed by atoms with Gasteiger partial charge in [-0.3, -0.25) is 10.1 Å². The van der Waals surface area contributed by atoms with Crippen molar-refractivity contribution in [2.45, 2.75) is 33.9 Å². The summed E-state index contributed by atoms with van der Waals surface area (Å²) in [4.78, 5) is 37.5. The Hall–Kier alpha value is -4.05. The van der Waals surface area contributed by atoms with Crippen LogP contribution in [0.5, 0.6) is 5.75 Å². The molecule has 1 saturated carbocycles. The zero-order chi connectivity index (χ0) is 31.0. The number of ether oxygens (including phenoxy) is 2. The number of alkyl halides is 1. The van der Waals surface area contributed by atoms with Gasteiger partial charge in [0.1, 0.15) is 11.3 Å². The molecule has 1 fully saturated rings. The molecule has 0 bridgehead atoms. The Morgan fingerprint density at radius 2 is 1.70 bits per heavy atom. The minimum Gasteiger partial charge on any atom is -0.465 e. The summed E-state index contributed by atoms with van der Waals surface area (Å²) >= 11 is 14.9. The number of anilines is 1. The molecule has 1 N–H and O–H groups in total. The topological polar surface area (TPSA) is 108 Å². The third-order valence-electron chi connectivity index (χ3n) is 8.11. The van der Waals surface area contributed by atoms with E-state index in [0.29, 0.717) is 21.9 Å². The molecule has 44 heavy (non-hydrogen) atoms. The maximum atomic E-state index is 13.4. The highest BCUT2D eigenvalue weighted by Crippen LogP contribution is 2.58. The largest absolute Gasteiger partial charge is 0.465 e. The summed E-state index contributed by atoms with van der Waals surface area (Å²) in [5.41, 5.74) is 3.22. The lowest BCUT2D eigenvalue weighted by atomic mass is 9.77. The number of rotatable bonds is 7. The average Bonchev–Trinajstić information content (AvgIpc) is 3.36. The molecule has 224 valence electrons. The van der Waals surface area contributed by atoms with Crippen molar-refractivity contribution in [1.29, 1.82) is 0 Å². The van der Waals surface area contributed by atoms with Crippen molar-refractivity contribution in [2.24, 2.45) is 5.92 Å². The molecule has 4 aromatic rings. The van der Waals surface area contributed by atoms with E-state index in [4.69, 9.17) is 32.7 Å². The van der Waals surface area contributed by atoms with E-state index in [0.717, 1.165) is 16.8 Å². The van der Waals surface area contributed by atoms with Gasteiger partial charge >= 0.3 is 11.9 Å². The first kappa shape index (κ1) is 30.0. The van der Waals surface area contributed by atoms with Crippen molar-refractivity contribution < 1.29 is 24.0 Å². The number of methoxy groups -OCH3 is 1. The second kappa shape index (κ2) is 12.5. The number of halogens is 2. The Labute approximate surface area is 267 Å². The minimum atomic E-state index is -0.629. The van der Waals surface area contributed by atoms with Gasteiger partial charge in [0, 0.05) is 27.9 Å². The van der Waals surface area contributed by atoms with Crippen molar-refractivity contribution in [1.82, 2.24) is 0 Å². The summed E-state index contributed by atoms with van der Waals surface area (Å²) in [5.74, 6) is -1.31. The number of thioether (sulfide) groups is 1. The van der Waals surface area contributed by atoms with E-state index in [9.17, 15) is 19.7 Å². The monoisotopic (exact) mass is 648 g/mol. The Bertz CT molecular complexity index is 1750. The van der Waals surface area contributed by atoms with Crippen LogP contribution in [0.1, 0.15) is 50.2 Å². The summed E-state index contributed by atoms with van der Waals surface area (Å²) < 4.78 is 10.5. The van der Waals surface area contributed by atoms with E-state index >= 15 is 0 Å². The van der Waals surface area contributed by atoms with Crippen LogP contribution in [0.4, 0.5) is 11.4 Å². The first-order valence-electron chi connectivity index (χ1n) is 13.8. The standard InChI is InChI=1S/C33H26Cl2N2O6S/c1-42-33(39)21-6-2-4-8-26(21)43-32(38)19-12-15-24-22(16-19)29-23(31(36-24)18-10-13-20(34)14-11-18)17-28(30(29)35)44-27-9-5-3-7-25(27)37(40)41/h2-16,23,28-31,36H,17H2,1H3/t23-,28-,29+,30-,31+/m1/s1. The number of nitrogens with one attached hydrogen (secondary N) is 1. The maximum absolute atomic E-state index is 13.4. The van der Waals surface area contributed by atoms with Gasteiger partial charge in [-0.1, -0.05) is 48.0 Å². The highest BCUT2D eigenvalue weighted by atomic mass is 35.5. The number of hydrogen-bond acceptors (Lipinski definition) is 8. The van der Waals surface area contributed by atoms with Crippen LogP contribution < -0.4 is 10.1 Å². The summed E-state index contributed by atoms with van der Waals surface area (Å²) in [6.07, 6.45) is 0.677. The molecule has 0 spiro atoms. The highest BCUT2D eigenvalue weighted by molar-refractivity contribution is 8.00. The fraction of sp³-hybridized carbons (Fsp3) is 0.212. The molecule has 0 saturated heterocycles. The third-order valence-corrected chi connectivity index (χ3v) is 10.5. The normalized spacial score (nSPS) is 21.8. The number of esters is 2. The van der Waals surface area contributed by atoms with Gasteiger partial charge in [-0.25, -0.2) is 9.59 Å². The molecular formula is C33H26Cl2N2O6S. The third kappa shape index (κ3) is 5.75. The molecule has 0 amide bonds. The molecule has 11 heteroatoms. The van der Waals surface area contributed by atoms with Crippen LogP contribution in [0.2, 0.25) is 5.02 Å². The fourth-order valence-electron chi connectivity index (χ4n) is 6.11. The predicted molar refractivity (Wildman–Crippen MR) is 170 cm³/mol. The van der Waals surface area contributed by atoms with Gasteiger partial charge in [-0.05, 0) is 72.0 Å². The molecule has 2 aliphatic rings. The summed E-state index contributed by atoms with van der Waals surface area (Å²) in [6, 6.07) is 25.9.